The van der Waals surface area contributed by atoms with Gasteiger partial charge in [-0.05, 0) is 105 Å². The minimum absolute atomic E-state index is 0.0344. The highest BCUT2D eigenvalue weighted by Gasteiger charge is 2.42. The van der Waals surface area contributed by atoms with Crippen LogP contribution >= 0.6 is 28.1 Å². The molecule has 2 atom stereocenters. The average Bonchev–Trinajstić information content (AvgIpc) is 3.36. The van der Waals surface area contributed by atoms with Crippen LogP contribution in [0.15, 0.2) is 77.4 Å². The molecule has 0 saturated carbocycles. The number of aromatic nitrogens is 2. The van der Waals surface area contributed by atoms with Gasteiger partial charge in [-0.15, -0.1) is 0 Å². The van der Waals surface area contributed by atoms with Gasteiger partial charge in [-0.2, -0.15) is 0 Å². The van der Waals surface area contributed by atoms with Crippen molar-refractivity contribution >= 4 is 38.9 Å². The summed E-state index contributed by atoms with van der Waals surface area (Å²) in [5, 5.41) is 4.30. The minimum Gasteiger partial charge on any atom is -0.351 e. The van der Waals surface area contributed by atoms with E-state index in [1.807, 2.05) is 18.3 Å². The Labute approximate surface area is 221 Å². The molecule has 2 aromatic carbocycles. The van der Waals surface area contributed by atoms with Gasteiger partial charge in [0.05, 0.1) is 17.8 Å². The Hall–Kier alpha value is -2.96. The second-order valence-electron chi connectivity index (χ2n) is 9.11. The first-order chi connectivity index (χ1) is 16.9. The van der Waals surface area contributed by atoms with Crippen LogP contribution < -0.4 is 10.2 Å². The summed E-state index contributed by atoms with van der Waals surface area (Å²) in [6.45, 7) is 8.68. The summed E-state index contributed by atoms with van der Waals surface area (Å²) in [6, 6.07) is 23.5. The van der Waals surface area contributed by atoms with Crippen molar-refractivity contribution in [3.63, 3.8) is 0 Å². The van der Waals surface area contributed by atoms with Gasteiger partial charge in [0.25, 0.3) is 0 Å². The number of anilines is 1. The summed E-state index contributed by atoms with van der Waals surface area (Å²) in [5.74, 6) is 0. The molecule has 1 aliphatic heterocycles. The lowest BCUT2D eigenvalue weighted by molar-refractivity contribution is 0.565. The highest BCUT2D eigenvalue weighted by Crippen LogP contribution is 2.44. The van der Waals surface area contributed by atoms with Gasteiger partial charge < -0.3 is 14.8 Å². The molecular weight excluding hydrogens is 516 g/mol. The van der Waals surface area contributed by atoms with Crippen LogP contribution in [0.25, 0.3) is 5.69 Å². The van der Waals surface area contributed by atoms with E-state index in [0.717, 1.165) is 22.3 Å². The van der Waals surface area contributed by atoms with Crippen molar-refractivity contribution in [3.8, 4) is 5.69 Å². The molecule has 0 aliphatic carbocycles. The molecule has 0 bridgehead atoms. The molecule has 0 unspecified atom stereocenters. The first-order valence-corrected chi connectivity index (χ1v) is 13.1. The maximum absolute atomic E-state index is 5.93. The molecule has 1 fully saturated rings. The van der Waals surface area contributed by atoms with Crippen molar-refractivity contribution in [2.75, 3.05) is 4.90 Å². The molecule has 1 saturated heterocycles. The van der Waals surface area contributed by atoms with Crippen molar-refractivity contribution in [2.24, 2.45) is 0 Å². The zero-order valence-electron chi connectivity index (χ0n) is 20.4. The Morgan fingerprint density at radius 3 is 2.37 bits per heavy atom. The van der Waals surface area contributed by atoms with Crippen LogP contribution in [-0.2, 0) is 6.42 Å². The van der Waals surface area contributed by atoms with Crippen molar-refractivity contribution in [3.05, 3.63) is 111 Å². The maximum atomic E-state index is 5.93. The maximum Gasteiger partial charge on any atom is 0.174 e. The SMILES string of the molecule is CCc1ccc(-n2c(C)cc([C@H]3[C@H](c4ccccn4)NC(=S)N3c3ccc(Br)c(C)c3)c2C)cc1. The number of nitrogens with one attached hydrogen (secondary N) is 1. The number of nitrogens with zero attached hydrogens (tertiary/aromatic N) is 3. The minimum atomic E-state index is -0.0657. The summed E-state index contributed by atoms with van der Waals surface area (Å²) in [5.41, 5.74) is 9.40. The third-order valence-electron chi connectivity index (χ3n) is 6.91. The summed E-state index contributed by atoms with van der Waals surface area (Å²) in [7, 11) is 0. The molecule has 4 aromatic rings. The van der Waals surface area contributed by atoms with Crippen LogP contribution in [0.1, 0.15) is 52.8 Å². The van der Waals surface area contributed by atoms with Gasteiger partial charge in [0, 0.05) is 33.4 Å². The van der Waals surface area contributed by atoms with Crippen LogP contribution in [0.2, 0.25) is 0 Å². The fourth-order valence-electron chi connectivity index (χ4n) is 5.09. The van der Waals surface area contributed by atoms with Crippen molar-refractivity contribution in [1.82, 2.24) is 14.9 Å². The van der Waals surface area contributed by atoms with Crippen LogP contribution in [-0.4, -0.2) is 14.7 Å². The largest absolute Gasteiger partial charge is 0.351 e. The molecule has 0 amide bonds. The van der Waals surface area contributed by atoms with E-state index in [0.29, 0.717) is 5.11 Å². The quantitative estimate of drug-likeness (QED) is 0.267. The zero-order valence-corrected chi connectivity index (χ0v) is 22.8. The first-order valence-electron chi connectivity index (χ1n) is 11.9. The van der Waals surface area contributed by atoms with Crippen LogP contribution in [0, 0.1) is 20.8 Å². The summed E-state index contributed by atoms with van der Waals surface area (Å²) in [4.78, 5) is 6.95. The number of benzene rings is 2. The number of hydrogen-bond donors (Lipinski definition) is 1. The van der Waals surface area contributed by atoms with Crippen molar-refractivity contribution < 1.29 is 0 Å². The highest BCUT2D eigenvalue weighted by molar-refractivity contribution is 9.10. The Bertz CT molecular complexity index is 1380. The summed E-state index contributed by atoms with van der Waals surface area (Å²) < 4.78 is 3.43. The van der Waals surface area contributed by atoms with Gasteiger partial charge in [-0.25, -0.2) is 0 Å². The topological polar surface area (TPSA) is 33.1 Å². The standard InChI is InChI=1S/C29H29BrN4S/c1-5-21-9-11-22(12-10-21)33-19(3)17-24(20(33)4)28-27(26-8-6-7-15-31-26)32-29(35)34(28)23-13-14-25(30)18(2)16-23/h6-17,27-28H,5H2,1-4H3,(H,32,35)/t27-,28-/m0/s1. The molecule has 4 nitrogen and oxygen atoms in total. The van der Waals surface area contributed by atoms with E-state index in [1.165, 1.54) is 33.8 Å². The van der Waals surface area contributed by atoms with E-state index in [1.54, 1.807) is 0 Å². The number of pyridine rings is 1. The third kappa shape index (κ3) is 4.30. The van der Waals surface area contributed by atoms with E-state index in [4.69, 9.17) is 17.2 Å². The zero-order chi connectivity index (χ0) is 24.7. The van der Waals surface area contributed by atoms with E-state index >= 15 is 0 Å². The smallest absolute Gasteiger partial charge is 0.174 e. The number of halogens is 1. The molecule has 3 heterocycles. The van der Waals surface area contributed by atoms with Gasteiger partial charge in [0.1, 0.15) is 0 Å². The first kappa shape index (κ1) is 23.8. The normalized spacial score (nSPS) is 17.6. The van der Waals surface area contributed by atoms with E-state index < -0.39 is 0 Å². The van der Waals surface area contributed by atoms with Gasteiger partial charge >= 0.3 is 0 Å². The molecule has 5 rings (SSSR count). The lowest BCUT2D eigenvalue weighted by Gasteiger charge is -2.28. The number of aryl methyl sites for hydroxylation is 3. The molecular formula is C29H29BrN4S. The van der Waals surface area contributed by atoms with Crippen LogP contribution in [0.5, 0.6) is 0 Å². The highest BCUT2D eigenvalue weighted by atomic mass is 79.9. The van der Waals surface area contributed by atoms with Gasteiger partial charge in [0.15, 0.2) is 5.11 Å². The van der Waals surface area contributed by atoms with Crippen LogP contribution in [0.3, 0.4) is 0 Å². The Kier molecular flexibility index (Phi) is 6.51. The predicted octanol–water partition coefficient (Wildman–Crippen LogP) is 7.30. The lowest BCUT2D eigenvalue weighted by Crippen LogP contribution is -2.29. The Balaban J connectivity index is 1.66. The number of hydrogen-bond acceptors (Lipinski definition) is 2. The van der Waals surface area contributed by atoms with Gasteiger partial charge in [-0.1, -0.05) is 41.1 Å². The third-order valence-corrected chi connectivity index (χ3v) is 8.11. The van der Waals surface area contributed by atoms with Crippen LogP contribution in [0.4, 0.5) is 5.69 Å². The monoisotopic (exact) mass is 544 g/mol. The average molecular weight is 546 g/mol. The molecule has 1 aliphatic rings. The van der Waals surface area contributed by atoms with Gasteiger partial charge in [-0.3, -0.25) is 4.98 Å². The predicted molar refractivity (Wildman–Crippen MR) is 151 cm³/mol. The number of thiocarbonyl (C=S) groups is 1. The lowest BCUT2D eigenvalue weighted by atomic mass is 9.96. The molecule has 0 spiro atoms. The fraction of sp³-hybridized carbons (Fsp3) is 0.241. The molecule has 2 aromatic heterocycles. The second-order valence-corrected chi connectivity index (χ2v) is 10.4. The van der Waals surface area contributed by atoms with Crippen molar-refractivity contribution in [1.29, 1.82) is 0 Å². The Morgan fingerprint density at radius 1 is 0.971 bits per heavy atom. The Morgan fingerprint density at radius 2 is 1.71 bits per heavy atom. The summed E-state index contributed by atoms with van der Waals surface area (Å²) in [6.07, 6.45) is 2.88. The molecule has 1 N–H and O–H groups in total. The molecule has 35 heavy (non-hydrogen) atoms. The molecule has 6 heteroatoms. The van der Waals surface area contributed by atoms with Gasteiger partial charge in [0.2, 0.25) is 0 Å². The number of rotatable bonds is 5. The molecule has 178 valence electrons. The van der Waals surface area contributed by atoms with E-state index in [-0.39, 0.29) is 12.1 Å². The van der Waals surface area contributed by atoms with Crippen molar-refractivity contribution in [2.45, 2.75) is 46.2 Å². The molecule has 0 radical (unpaired) electrons. The van der Waals surface area contributed by atoms with E-state index in [9.17, 15) is 0 Å². The second kappa shape index (κ2) is 9.59. The summed E-state index contributed by atoms with van der Waals surface area (Å²) >= 11 is 9.57. The van der Waals surface area contributed by atoms with E-state index in [2.05, 4.69) is 113 Å². The fourth-order valence-corrected chi connectivity index (χ4v) is 5.69.